The molecule has 0 spiro atoms. The molecule has 0 bridgehead atoms. The van der Waals surface area contributed by atoms with E-state index in [0.29, 0.717) is 0 Å². The van der Waals surface area contributed by atoms with Crippen LogP contribution < -0.4 is 10.9 Å². The molecule has 2 aromatic rings. The number of pyridine rings is 1. The third kappa shape index (κ3) is 5.42. The molecule has 0 aliphatic rings. The molecule has 0 unspecified atom stereocenters. The molecule has 0 fully saturated rings. The Bertz CT molecular complexity index is 794. The molecular weight excluding hydrogens is 325 g/mol. The van der Waals surface area contributed by atoms with Crippen molar-refractivity contribution in [1.82, 2.24) is 9.47 Å². The van der Waals surface area contributed by atoms with Gasteiger partial charge in [0.1, 0.15) is 11.5 Å². The van der Waals surface area contributed by atoms with E-state index in [1.807, 2.05) is 0 Å². The van der Waals surface area contributed by atoms with Crippen LogP contribution in [0.15, 0.2) is 47.4 Å². The van der Waals surface area contributed by atoms with Crippen LogP contribution in [0.5, 0.6) is 0 Å². The van der Waals surface area contributed by atoms with Crippen molar-refractivity contribution < 1.29 is 14.3 Å². The highest BCUT2D eigenvalue weighted by molar-refractivity contribution is 5.88. The van der Waals surface area contributed by atoms with Crippen LogP contribution in [-0.4, -0.2) is 39.8 Å². The monoisotopic (exact) mass is 347 g/mol. The average molecular weight is 347 g/mol. The molecule has 2 rings (SSSR count). The maximum absolute atomic E-state index is 13.0. The molecule has 2 N–H and O–H groups in total. The number of carbonyl (C=O) groups excluding carboxylic acids is 1. The molecule has 0 radical (unpaired) electrons. The number of amides is 2. The molecule has 7 heteroatoms. The van der Waals surface area contributed by atoms with E-state index < -0.39 is 11.6 Å². The van der Waals surface area contributed by atoms with Crippen LogP contribution in [0.25, 0.3) is 0 Å². The number of anilines is 1. The van der Waals surface area contributed by atoms with E-state index in [2.05, 4.69) is 5.32 Å². The highest BCUT2D eigenvalue weighted by Crippen LogP contribution is 2.08. The fraction of sp³-hybridized carbons (Fsp3) is 0.333. The fourth-order valence-electron chi connectivity index (χ4n) is 2.41. The lowest BCUT2D eigenvalue weighted by molar-refractivity contribution is 0.0550. The Morgan fingerprint density at radius 1 is 1.28 bits per heavy atom. The SMILES string of the molecule is CN(CC(C)(C)O)C(=O)Nc1cccn(Cc2ccc(F)cc2)c1=O. The predicted molar refractivity (Wildman–Crippen MR) is 94.2 cm³/mol. The van der Waals surface area contributed by atoms with Gasteiger partial charge < -0.3 is 19.9 Å². The number of benzene rings is 1. The van der Waals surface area contributed by atoms with Gasteiger partial charge in [0.05, 0.1) is 18.7 Å². The summed E-state index contributed by atoms with van der Waals surface area (Å²) in [6.45, 7) is 3.57. The molecule has 1 aromatic heterocycles. The van der Waals surface area contributed by atoms with Crippen molar-refractivity contribution in [3.8, 4) is 0 Å². The van der Waals surface area contributed by atoms with Crippen molar-refractivity contribution in [2.45, 2.75) is 26.0 Å². The molecular formula is C18H22FN3O3. The van der Waals surface area contributed by atoms with Gasteiger partial charge in [-0.25, -0.2) is 9.18 Å². The van der Waals surface area contributed by atoms with E-state index in [-0.39, 0.29) is 30.2 Å². The zero-order valence-corrected chi connectivity index (χ0v) is 14.5. The second kappa shape index (κ2) is 7.48. The van der Waals surface area contributed by atoms with Gasteiger partial charge in [0.25, 0.3) is 5.56 Å². The van der Waals surface area contributed by atoms with Crippen molar-refractivity contribution in [3.63, 3.8) is 0 Å². The molecule has 1 heterocycles. The van der Waals surface area contributed by atoms with Crippen LogP contribution >= 0.6 is 0 Å². The quantitative estimate of drug-likeness (QED) is 0.871. The van der Waals surface area contributed by atoms with Crippen LogP contribution in [0.3, 0.4) is 0 Å². The second-order valence-electron chi connectivity index (χ2n) is 6.58. The Morgan fingerprint density at radius 2 is 1.92 bits per heavy atom. The van der Waals surface area contributed by atoms with Gasteiger partial charge in [-0.15, -0.1) is 0 Å². The third-order valence-electron chi connectivity index (χ3n) is 3.50. The summed E-state index contributed by atoms with van der Waals surface area (Å²) in [6, 6.07) is 8.54. The molecule has 0 saturated carbocycles. The number of likely N-dealkylation sites (N-methyl/N-ethyl adjacent to an activating group) is 1. The fourth-order valence-corrected chi connectivity index (χ4v) is 2.41. The summed E-state index contributed by atoms with van der Waals surface area (Å²) in [5, 5.41) is 12.3. The lowest BCUT2D eigenvalue weighted by Gasteiger charge is -2.25. The van der Waals surface area contributed by atoms with Gasteiger partial charge in [-0.05, 0) is 43.7 Å². The summed E-state index contributed by atoms with van der Waals surface area (Å²) < 4.78 is 14.4. The number of nitrogens with one attached hydrogen (secondary N) is 1. The molecule has 0 aliphatic carbocycles. The van der Waals surface area contributed by atoms with E-state index >= 15 is 0 Å². The van der Waals surface area contributed by atoms with Crippen LogP contribution in [0.2, 0.25) is 0 Å². The number of nitrogens with zero attached hydrogens (tertiary/aromatic N) is 2. The van der Waals surface area contributed by atoms with Crippen molar-refractivity contribution in [2.24, 2.45) is 0 Å². The number of hydrogen-bond donors (Lipinski definition) is 2. The summed E-state index contributed by atoms with van der Waals surface area (Å²) in [6.07, 6.45) is 1.60. The normalized spacial score (nSPS) is 11.2. The van der Waals surface area contributed by atoms with Crippen molar-refractivity contribution >= 4 is 11.7 Å². The van der Waals surface area contributed by atoms with Crippen LogP contribution in [0.4, 0.5) is 14.9 Å². The smallest absolute Gasteiger partial charge is 0.321 e. The Kier molecular flexibility index (Phi) is 5.58. The first-order valence-corrected chi connectivity index (χ1v) is 7.84. The van der Waals surface area contributed by atoms with Gasteiger partial charge in [-0.3, -0.25) is 4.79 Å². The van der Waals surface area contributed by atoms with Crippen molar-refractivity contribution in [3.05, 3.63) is 64.3 Å². The van der Waals surface area contributed by atoms with Gasteiger partial charge >= 0.3 is 6.03 Å². The van der Waals surface area contributed by atoms with Gasteiger partial charge in [-0.2, -0.15) is 0 Å². The first-order chi connectivity index (χ1) is 11.7. The molecule has 0 aliphatic heterocycles. The summed E-state index contributed by atoms with van der Waals surface area (Å²) in [5.41, 5.74) is -0.494. The number of rotatable bonds is 5. The first-order valence-electron chi connectivity index (χ1n) is 7.84. The van der Waals surface area contributed by atoms with Crippen LogP contribution in [0.1, 0.15) is 19.4 Å². The number of carbonyl (C=O) groups is 1. The lowest BCUT2D eigenvalue weighted by atomic mass is 10.1. The second-order valence-corrected chi connectivity index (χ2v) is 6.58. The van der Waals surface area contributed by atoms with Crippen molar-refractivity contribution in [1.29, 1.82) is 0 Å². The molecule has 6 nitrogen and oxygen atoms in total. The minimum atomic E-state index is -1.04. The minimum absolute atomic E-state index is 0.120. The van der Waals surface area contributed by atoms with E-state index in [4.69, 9.17) is 0 Å². The van der Waals surface area contributed by atoms with E-state index in [1.165, 1.54) is 34.7 Å². The average Bonchev–Trinajstić information content (AvgIpc) is 2.51. The Morgan fingerprint density at radius 3 is 2.52 bits per heavy atom. The Hall–Kier alpha value is -2.67. The van der Waals surface area contributed by atoms with Gasteiger partial charge in [0, 0.05) is 13.2 Å². The molecule has 0 saturated heterocycles. The highest BCUT2D eigenvalue weighted by Gasteiger charge is 2.20. The summed E-state index contributed by atoms with van der Waals surface area (Å²) >= 11 is 0. The number of aliphatic hydroxyl groups is 1. The number of urea groups is 1. The molecule has 0 atom stereocenters. The lowest BCUT2D eigenvalue weighted by Crippen LogP contribution is -2.42. The number of halogens is 1. The highest BCUT2D eigenvalue weighted by atomic mass is 19.1. The number of aromatic nitrogens is 1. The molecule has 25 heavy (non-hydrogen) atoms. The zero-order chi connectivity index (χ0) is 18.6. The maximum atomic E-state index is 13.0. The third-order valence-corrected chi connectivity index (χ3v) is 3.50. The standard InChI is InChI=1S/C18H22FN3O3/c1-18(2,25)12-21(3)17(24)20-15-5-4-10-22(16(15)23)11-13-6-8-14(19)9-7-13/h4-10,25H,11-12H2,1-3H3,(H,20,24). The molecule has 134 valence electrons. The molecule has 2 amide bonds. The predicted octanol–water partition coefficient (Wildman–Crippen LogP) is 2.27. The van der Waals surface area contributed by atoms with Gasteiger partial charge in [-0.1, -0.05) is 12.1 Å². The number of hydrogen-bond acceptors (Lipinski definition) is 3. The van der Waals surface area contributed by atoms with E-state index in [0.717, 1.165) is 5.56 Å². The van der Waals surface area contributed by atoms with Gasteiger partial charge in [0.15, 0.2) is 0 Å². The Balaban J connectivity index is 2.14. The van der Waals surface area contributed by atoms with Gasteiger partial charge in [0.2, 0.25) is 0 Å². The maximum Gasteiger partial charge on any atom is 0.321 e. The minimum Gasteiger partial charge on any atom is -0.389 e. The molecule has 1 aromatic carbocycles. The first kappa shape index (κ1) is 18.7. The van der Waals surface area contributed by atoms with Crippen LogP contribution in [-0.2, 0) is 6.54 Å². The van der Waals surface area contributed by atoms with E-state index in [1.54, 1.807) is 38.2 Å². The van der Waals surface area contributed by atoms with Crippen molar-refractivity contribution in [2.75, 3.05) is 18.9 Å². The topological polar surface area (TPSA) is 74.6 Å². The zero-order valence-electron chi connectivity index (χ0n) is 14.5. The summed E-state index contributed by atoms with van der Waals surface area (Å²) in [7, 11) is 1.54. The largest absolute Gasteiger partial charge is 0.389 e. The summed E-state index contributed by atoms with van der Waals surface area (Å²) in [5.74, 6) is -0.341. The van der Waals surface area contributed by atoms with E-state index in [9.17, 15) is 19.1 Å². The summed E-state index contributed by atoms with van der Waals surface area (Å²) in [4.78, 5) is 26.0. The Labute approximate surface area is 145 Å². The van der Waals surface area contributed by atoms with Crippen LogP contribution in [0, 0.1) is 5.82 Å².